The summed E-state index contributed by atoms with van der Waals surface area (Å²) in [6, 6.07) is 10.0. The fourth-order valence-electron chi connectivity index (χ4n) is 2.26. The molecule has 2 heterocycles. The topological polar surface area (TPSA) is 45.0 Å². The van der Waals surface area contributed by atoms with Crippen LogP contribution >= 0.6 is 23.1 Å². The minimum Gasteiger partial charge on any atom is -0.284 e. The molecular weight excluding hydrogens is 345 g/mol. The maximum absolute atomic E-state index is 13.0. The molecule has 1 atom stereocenters. The Morgan fingerprint density at radius 3 is 2.75 bits per heavy atom. The second-order valence-electron chi connectivity index (χ2n) is 5.21. The van der Waals surface area contributed by atoms with Gasteiger partial charge in [0.2, 0.25) is 5.91 Å². The number of amides is 1. The van der Waals surface area contributed by atoms with Crippen molar-refractivity contribution in [2.75, 3.05) is 0 Å². The molecule has 4 nitrogen and oxygen atoms in total. The van der Waals surface area contributed by atoms with Gasteiger partial charge < -0.3 is 0 Å². The second-order valence-corrected chi connectivity index (χ2v) is 7.36. The SMILES string of the molecule is CC[C@H]1S/C(=N/N=C\c2cccs2)N(Cc2ccc(F)cc2)C1=O. The van der Waals surface area contributed by atoms with E-state index in [1.807, 2.05) is 24.4 Å². The lowest BCUT2D eigenvalue weighted by atomic mass is 10.2. The van der Waals surface area contributed by atoms with Crippen molar-refractivity contribution >= 4 is 40.4 Å². The van der Waals surface area contributed by atoms with E-state index in [1.54, 1.807) is 34.6 Å². The second kappa shape index (κ2) is 7.72. The van der Waals surface area contributed by atoms with Gasteiger partial charge in [-0.05, 0) is 35.6 Å². The Kier molecular flexibility index (Phi) is 5.42. The first-order chi connectivity index (χ1) is 11.7. The normalized spacial score (nSPS) is 19.8. The van der Waals surface area contributed by atoms with Crippen LogP contribution in [0.15, 0.2) is 52.0 Å². The highest BCUT2D eigenvalue weighted by Crippen LogP contribution is 2.30. The van der Waals surface area contributed by atoms with Crippen molar-refractivity contribution in [2.45, 2.75) is 25.1 Å². The van der Waals surface area contributed by atoms with Gasteiger partial charge in [-0.25, -0.2) is 4.39 Å². The molecule has 1 aromatic carbocycles. The van der Waals surface area contributed by atoms with E-state index in [2.05, 4.69) is 10.2 Å². The van der Waals surface area contributed by atoms with Gasteiger partial charge in [-0.1, -0.05) is 36.9 Å². The van der Waals surface area contributed by atoms with Crippen molar-refractivity contribution in [3.63, 3.8) is 0 Å². The van der Waals surface area contributed by atoms with Crippen LogP contribution in [-0.2, 0) is 11.3 Å². The number of thioether (sulfide) groups is 1. The van der Waals surface area contributed by atoms with Gasteiger partial charge >= 0.3 is 0 Å². The van der Waals surface area contributed by atoms with Crippen molar-refractivity contribution < 1.29 is 9.18 Å². The summed E-state index contributed by atoms with van der Waals surface area (Å²) in [6.07, 6.45) is 2.41. The van der Waals surface area contributed by atoms with E-state index in [1.165, 1.54) is 23.9 Å². The summed E-state index contributed by atoms with van der Waals surface area (Å²) in [5.41, 5.74) is 0.858. The lowest BCUT2D eigenvalue weighted by Gasteiger charge is -2.15. The Bertz CT molecular complexity index is 757. The fourth-order valence-corrected chi connectivity index (χ4v) is 3.87. The third-order valence-electron chi connectivity index (χ3n) is 3.52. The first kappa shape index (κ1) is 16.9. The molecular formula is C17H16FN3OS2. The summed E-state index contributed by atoms with van der Waals surface area (Å²) in [6.45, 7) is 2.35. The summed E-state index contributed by atoms with van der Waals surface area (Å²) >= 11 is 3.00. The molecule has 24 heavy (non-hydrogen) atoms. The van der Waals surface area contributed by atoms with Gasteiger partial charge in [0.15, 0.2) is 5.17 Å². The molecule has 1 amide bonds. The van der Waals surface area contributed by atoms with E-state index in [9.17, 15) is 9.18 Å². The number of rotatable bonds is 5. The van der Waals surface area contributed by atoms with Crippen LogP contribution in [0.3, 0.4) is 0 Å². The highest BCUT2D eigenvalue weighted by molar-refractivity contribution is 8.15. The summed E-state index contributed by atoms with van der Waals surface area (Å²) in [4.78, 5) is 15.1. The Morgan fingerprint density at radius 2 is 2.08 bits per heavy atom. The van der Waals surface area contributed by atoms with Crippen LogP contribution in [0, 0.1) is 5.82 Å². The first-order valence-corrected chi connectivity index (χ1v) is 9.30. The summed E-state index contributed by atoms with van der Waals surface area (Å²) < 4.78 is 13.0. The molecule has 124 valence electrons. The molecule has 1 aromatic heterocycles. The van der Waals surface area contributed by atoms with Gasteiger partial charge in [-0.15, -0.1) is 16.4 Å². The predicted octanol–water partition coefficient (Wildman–Crippen LogP) is 4.13. The average Bonchev–Trinajstić information content (AvgIpc) is 3.20. The van der Waals surface area contributed by atoms with Crippen molar-refractivity contribution in [3.8, 4) is 0 Å². The molecule has 1 aliphatic rings. The van der Waals surface area contributed by atoms with Crippen LogP contribution in [0.25, 0.3) is 0 Å². The summed E-state index contributed by atoms with van der Waals surface area (Å²) in [5.74, 6) is -0.265. The van der Waals surface area contributed by atoms with Gasteiger partial charge in [0.1, 0.15) is 5.82 Å². The van der Waals surface area contributed by atoms with Crippen molar-refractivity contribution in [2.24, 2.45) is 10.2 Å². The number of nitrogens with zero attached hydrogens (tertiary/aromatic N) is 3. The van der Waals surface area contributed by atoms with Crippen LogP contribution in [0.2, 0.25) is 0 Å². The van der Waals surface area contributed by atoms with Gasteiger partial charge in [-0.2, -0.15) is 5.10 Å². The maximum Gasteiger partial charge on any atom is 0.242 e. The number of halogens is 1. The predicted molar refractivity (Wildman–Crippen MR) is 98.0 cm³/mol. The van der Waals surface area contributed by atoms with E-state index in [-0.39, 0.29) is 17.0 Å². The summed E-state index contributed by atoms with van der Waals surface area (Å²) in [7, 11) is 0. The number of benzene rings is 1. The third-order valence-corrected chi connectivity index (χ3v) is 5.66. The third kappa shape index (κ3) is 3.91. The molecule has 1 saturated heterocycles. The number of thiophene rings is 1. The highest BCUT2D eigenvalue weighted by atomic mass is 32.2. The van der Waals surface area contributed by atoms with Gasteiger partial charge in [0.05, 0.1) is 18.0 Å². The zero-order chi connectivity index (χ0) is 16.9. The minimum atomic E-state index is -0.290. The first-order valence-electron chi connectivity index (χ1n) is 7.54. The molecule has 0 N–H and O–H groups in total. The van der Waals surface area contributed by atoms with Crippen LogP contribution in [0.5, 0.6) is 0 Å². The van der Waals surface area contributed by atoms with Crippen LogP contribution in [0.4, 0.5) is 4.39 Å². The Morgan fingerprint density at radius 1 is 1.29 bits per heavy atom. The van der Waals surface area contributed by atoms with Crippen molar-refractivity contribution in [3.05, 3.63) is 58.0 Å². The average molecular weight is 361 g/mol. The molecule has 0 saturated carbocycles. The molecule has 0 bridgehead atoms. The van der Waals surface area contributed by atoms with E-state index in [0.29, 0.717) is 11.7 Å². The number of carbonyl (C=O) groups excluding carboxylic acids is 1. The fraction of sp³-hybridized carbons (Fsp3) is 0.235. The highest BCUT2D eigenvalue weighted by Gasteiger charge is 2.36. The molecule has 0 radical (unpaired) electrons. The number of carbonyl (C=O) groups is 1. The number of hydrogen-bond acceptors (Lipinski definition) is 5. The smallest absolute Gasteiger partial charge is 0.242 e. The molecule has 0 aliphatic carbocycles. The van der Waals surface area contributed by atoms with Crippen LogP contribution in [-0.4, -0.2) is 27.4 Å². The molecule has 3 rings (SSSR count). The van der Waals surface area contributed by atoms with Gasteiger partial charge in [-0.3, -0.25) is 9.69 Å². The van der Waals surface area contributed by atoms with Crippen LogP contribution < -0.4 is 0 Å². The molecule has 1 fully saturated rings. The van der Waals surface area contributed by atoms with E-state index in [0.717, 1.165) is 16.9 Å². The number of hydrogen-bond donors (Lipinski definition) is 0. The van der Waals surface area contributed by atoms with E-state index >= 15 is 0 Å². The quantitative estimate of drug-likeness (QED) is 0.594. The van der Waals surface area contributed by atoms with Crippen molar-refractivity contribution in [1.29, 1.82) is 0 Å². The Labute approximate surface area is 148 Å². The zero-order valence-electron chi connectivity index (χ0n) is 13.1. The molecule has 0 unspecified atom stereocenters. The van der Waals surface area contributed by atoms with Gasteiger partial charge in [0, 0.05) is 4.88 Å². The lowest BCUT2D eigenvalue weighted by molar-refractivity contribution is -0.126. The Hall–Kier alpha value is -1.99. The molecule has 2 aromatic rings. The maximum atomic E-state index is 13.0. The van der Waals surface area contributed by atoms with E-state index in [4.69, 9.17) is 0 Å². The Balaban J connectivity index is 1.79. The molecule has 1 aliphatic heterocycles. The largest absolute Gasteiger partial charge is 0.284 e. The minimum absolute atomic E-state index is 0.0249. The van der Waals surface area contributed by atoms with Gasteiger partial charge in [0.25, 0.3) is 0 Å². The summed E-state index contributed by atoms with van der Waals surface area (Å²) in [5, 5.41) is 10.7. The van der Waals surface area contributed by atoms with Crippen molar-refractivity contribution in [1.82, 2.24) is 4.90 Å². The monoisotopic (exact) mass is 361 g/mol. The van der Waals surface area contributed by atoms with Crippen LogP contribution in [0.1, 0.15) is 23.8 Å². The molecule has 7 heteroatoms. The lowest BCUT2D eigenvalue weighted by Crippen LogP contribution is -2.31. The molecule has 0 spiro atoms. The zero-order valence-corrected chi connectivity index (χ0v) is 14.7. The number of amidine groups is 1. The van der Waals surface area contributed by atoms with E-state index < -0.39 is 0 Å². The standard InChI is InChI=1S/C17H16FN3OS2/c1-2-15-16(22)21(11-12-5-7-13(18)8-6-12)17(24-15)20-19-10-14-4-3-9-23-14/h3-10,15H,2,11H2,1H3/b19-10-,20-17+/t15-/m1/s1.